The SMILES string of the molecule is [B]c1c(B(c2ccc(-c3cc(C#N)cc(C#N)c3)cc2)c2cccc3c2[B]c2ccc(-c4ccc(C=O)cc4)cc2-3)cccc1-c1cccc(-c2ccc(C=O)cc2)c1. The van der Waals surface area contributed by atoms with Crippen LogP contribution in [0.5, 0.6) is 0 Å². The van der Waals surface area contributed by atoms with E-state index in [2.05, 4.69) is 104 Å². The lowest BCUT2D eigenvalue weighted by molar-refractivity contribution is 0.111. The van der Waals surface area contributed by atoms with Gasteiger partial charge in [0.05, 0.1) is 23.3 Å². The van der Waals surface area contributed by atoms with E-state index in [-0.39, 0.29) is 6.71 Å². The number of nitriles is 2. The summed E-state index contributed by atoms with van der Waals surface area (Å²) in [5.41, 5.74) is 18.1. The molecule has 8 aromatic carbocycles. The maximum absolute atomic E-state index is 11.3. The Morgan fingerprint density at radius 2 is 1.00 bits per heavy atom. The molecule has 3 radical (unpaired) electrons. The topological polar surface area (TPSA) is 81.7 Å². The summed E-state index contributed by atoms with van der Waals surface area (Å²) in [6, 6.07) is 60.6. The highest BCUT2D eigenvalue weighted by Gasteiger charge is 2.31. The fourth-order valence-corrected chi connectivity index (χ4v) is 8.26. The van der Waals surface area contributed by atoms with Crippen molar-refractivity contribution in [2.45, 2.75) is 0 Å². The van der Waals surface area contributed by atoms with Gasteiger partial charge in [-0.25, -0.2) is 0 Å². The Bertz CT molecular complexity index is 3000. The normalized spacial score (nSPS) is 11.0. The van der Waals surface area contributed by atoms with Crippen LogP contribution >= 0.6 is 0 Å². The molecule has 0 aliphatic carbocycles. The molecule has 0 fully saturated rings. The average Bonchev–Trinajstić information content (AvgIpc) is 3.68. The number of rotatable bonds is 9. The van der Waals surface area contributed by atoms with Crippen molar-refractivity contribution in [3.63, 3.8) is 0 Å². The Morgan fingerprint density at radius 1 is 0.475 bits per heavy atom. The summed E-state index contributed by atoms with van der Waals surface area (Å²) in [6.07, 6.45) is 1.70. The van der Waals surface area contributed by atoms with Gasteiger partial charge >= 0.3 is 0 Å². The molecule has 0 saturated heterocycles. The highest BCUT2D eigenvalue weighted by Crippen LogP contribution is 2.29. The molecule has 0 unspecified atom stereocenters. The second-order valence-electron chi connectivity index (χ2n) is 14.7. The van der Waals surface area contributed by atoms with E-state index in [4.69, 9.17) is 7.85 Å². The molecule has 1 heterocycles. The molecule has 0 bridgehead atoms. The molecular formula is C52H30B3N2O2. The smallest absolute Gasteiger partial charge is 0.239 e. The first-order valence-electron chi connectivity index (χ1n) is 19.2. The van der Waals surface area contributed by atoms with Crippen molar-refractivity contribution in [1.29, 1.82) is 10.5 Å². The van der Waals surface area contributed by atoms with Crippen molar-refractivity contribution in [1.82, 2.24) is 0 Å². The van der Waals surface area contributed by atoms with Gasteiger partial charge in [0, 0.05) is 11.1 Å². The van der Waals surface area contributed by atoms with Gasteiger partial charge in [0.2, 0.25) is 6.71 Å². The third kappa shape index (κ3) is 7.01. The number of carbonyl (C=O) groups excluding carboxylic acids is 2. The van der Waals surface area contributed by atoms with Crippen molar-refractivity contribution in [2.75, 3.05) is 0 Å². The van der Waals surface area contributed by atoms with Crippen LogP contribution < -0.4 is 32.8 Å². The molecular weight excluding hydrogens is 717 g/mol. The first-order valence-corrected chi connectivity index (χ1v) is 19.2. The third-order valence-electron chi connectivity index (χ3n) is 11.2. The molecule has 8 aromatic rings. The summed E-state index contributed by atoms with van der Waals surface area (Å²) in [7, 11) is 9.57. The Morgan fingerprint density at radius 3 is 1.63 bits per heavy atom. The molecule has 0 saturated carbocycles. The molecule has 1 aliphatic heterocycles. The summed E-state index contributed by atoms with van der Waals surface area (Å²) >= 11 is 0. The van der Waals surface area contributed by atoms with Gasteiger partial charge in [-0.3, -0.25) is 9.59 Å². The van der Waals surface area contributed by atoms with E-state index in [1.54, 1.807) is 18.2 Å². The summed E-state index contributed by atoms with van der Waals surface area (Å²) in [5.74, 6) is 0. The number of carbonyl (C=O) groups is 2. The van der Waals surface area contributed by atoms with Gasteiger partial charge in [-0.05, 0) is 86.0 Å². The van der Waals surface area contributed by atoms with E-state index in [9.17, 15) is 20.1 Å². The summed E-state index contributed by atoms with van der Waals surface area (Å²) in [5, 5.41) is 19.3. The zero-order chi connectivity index (χ0) is 40.5. The average molecular weight is 747 g/mol. The molecule has 4 nitrogen and oxygen atoms in total. The number of nitrogens with zero attached hydrogens (tertiary/aromatic N) is 2. The molecule has 1 aliphatic rings. The van der Waals surface area contributed by atoms with Gasteiger partial charge in [0.25, 0.3) is 0 Å². The predicted molar refractivity (Wildman–Crippen MR) is 242 cm³/mol. The van der Waals surface area contributed by atoms with E-state index in [1.165, 1.54) is 0 Å². The summed E-state index contributed by atoms with van der Waals surface area (Å²) in [4.78, 5) is 22.6. The van der Waals surface area contributed by atoms with E-state index in [1.807, 2.05) is 66.7 Å². The van der Waals surface area contributed by atoms with Gasteiger partial charge in [0.1, 0.15) is 20.4 Å². The molecule has 59 heavy (non-hydrogen) atoms. The highest BCUT2D eigenvalue weighted by molar-refractivity contribution is 7.00. The van der Waals surface area contributed by atoms with Crippen LogP contribution in [0, 0.1) is 22.7 Å². The van der Waals surface area contributed by atoms with Crippen molar-refractivity contribution < 1.29 is 9.59 Å². The highest BCUT2D eigenvalue weighted by atomic mass is 16.1. The molecule has 0 atom stereocenters. The van der Waals surface area contributed by atoms with E-state index >= 15 is 0 Å². The van der Waals surface area contributed by atoms with Gasteiger partial charge < -0.3 is 0 Å². The van der Waals surface area contributed by atoms with Crippen molar-refractivity contribution in [3.8, 4) is 67.8 Å². The maximum Gasteiger partial charge on any atom is 0.239 e. The zero-order valence-electron chi connectivity index (χ0n) is 31.8. The number of hydrogen-bond donors (Lipinski definition) is 0. The van der Waals surface area contributed by atoms with Crippen LogP contribution in [-0.4, -0.2) is 34.4 Å². The molecule has 0 N–H and O–H groups in total. The molecule has 0 spiro atoms. The lowest BCUT2D eigenvalue weighted by Crippen LogP contribution is -2.61. The van der Waals surface area contributed by atoms with E-state index < -0.39 is 0 Å². The summed E-state index contributed by atoms with van der Waals surface area (Å²) < 4.78 is 0. The zero-order valence-corrected chi connectivity index (χ0v) is 31.8. The quantitative estimate of drug-likeness (QED) is 0.122. The van der Waals surface area contributed by atoms with Crippen LogP contribution in [0.15, 0.2) is 170 Å². The summed E-state index contributed by atoms with van der Waals surface area (Å²) in [6.45, 7) is -0.265. The Hall–Kier alpha value is -7.73. The molecule has 0 aromatic heterocycles. The predicted octanol–water partition coefficient (Wildman–Crippen LogP) is 6.67. The lowest BCUT2D eigenvalue weighted by Gasteiger charge is -2.23. The second kappa shape index (κ2) is 15.7. The number of hydrogen-bond acceptors (Lipinski definition) is 4. The van der Waals surface area contributed by atoms with Gasteiger partial charge in [-0.2, -0.15) is 10.5 Å². The minimum Gasteiger partial charge on any atom is -0.298 e. The van der Waals surface area contributed by atoms with Crippen LogP contribution in [0.2, 0.25) is 0 Å². The van der Waals surface area contributed by atoms with Crippen LogP contribution in [0.25, 0.3) is 55.6 Å². The molecule has 0 amide bonds. The Balaban J connectivity index is 1.17. The molecule has 7 heteroatoms. The van der Waals surface area contributed by atoms with Crippen molar-refractivity contribution in [2.24, 2.45) is 0 Å². The van der Waals surface area contributed by atoms with Crippen LogP contribution in [0.3, 0.4) is 0 Å². The lowest BCUT2D eigenvalue weighted by atomic mass is 9.33. The maximum atomic E-state index is 11.3. The largest absolute Gasteiger partial charge is 0.298 e. The Kier molecular flexibility index (Phi) is 9.79. The number of fused-ring (bicyclic) bond motifs is 3. The second-order valence-corrected chi connectivity index (χ2v) is 14.7. The fourth-order valence-electron chi connectivity index (χ4n) is 8.26. The standard InChI is InChI=1S/C52H30B3N2O2/c53-51-45(42-5-1-4-40(27-42)37-14-10-33(31-58)11-15-37)6-2-8-49(51)55(44-21-18-39(19-22-44)43-25-35(29-56)24-36(26-43)30-57)50-9-3-7-46-47-28-41(20-23-48(47)54-52(46)50)38-16-12-34(32-59)13-17-38/h1-28,31-32H. The van der Waals surface area contributed by atoms with E-state index in [0.717, 1.165) is 95.5 Å². The first kappa shape index (κ1) is 36.9. The minimum atomic E-state index is -0.265. The van der Waals surface area contributed by atoms with Crippen LogP contribution in [0.1, 0.15) is 31.8 Å². The van der Waals surface area contributed by atoms with Gasteiger partial charge in [-0.15, -0.1) is 0 Å². The first-order chi connectivity index (χ1) is 28.9. The van der Waals surface area contributed by atoms with E-state index in [0.29, 0.717) is 27.7 Å². The van der Waals surface area contributed by atoms with Crippen LogP contribution in [0.4, 0.5) is 0 Å². The van der Waals surface area contributed by atoms with Crippen molar-refractivity contribution >= 4 is 67.2 Å². The molecule has 9 rings (SSSR count). The fraction of sp³-hybridized carbons (Fsp3) is 0. The van der Waals surface area contributed by atoms with Crippen molar-refractivity contribution in [3.05, 3.63) is 192 Å². The molecule has 269 valence electrons. The van der Waals surface area contributed by atoms with Gasteiger partial charge in [0.15, 0.2) is 7.28 Å². The number of benzene rings is 8. The Labute approximate surface area is 345 Å². The minimum absolute atomic E-state index is 0.265. The van der Waals surface area contributed by atoms with Gasteiger partial charge in [-0.1, -0.05) is 172 Å². The van der Waals surface area contributed by atoms with Crippen LogP contribution in [-0.2, 0) is 0 Å². The monoisotopic (exact) mass is 747 g/mol. The number of aldehydes is 2. The third-order valence-corrected chi connectivity index (χ3v) is 11.2.